The first-order valence-electron chi connectivity index (χ1n) is 9.88. The number of aromatic nitrogens is 2. The van der Waals surface area contributed by atoms with Gasteiger partial charge in [0.25, 0.3) is 5.91 Å². The zero-order valence-electron chi connectivity index (χ0n) is 17.1. The zero-order valence-corrected chi connectivity index (χ0v) is 17.1. The van der Waals surface area contributed by atoms with Crippen LogP contribution in [0.25, 0.3) is 5.65 Å². The lowest BCUT2D eigenvalue weighted by molar-refractivity contribution is 0.0773. The maximum absolute atomic E-state index is 12.9. The van der Waals surface area contributed by atoms with Crippen LogP contribution in [0.3, 0.4) is 0 Å². The number of ether oxygens (including phenoxy) is 2. The number of likely N-dealkylation sites (N-methyl/N-ethyl adjacent to an activating group) is 1. The van der Waals surface area contributed by atoms with Crippen molar-refractivity contribution < 1.29 is 18.7 Å². The number of pyridine rings is 1. The van der Waals surface area contributed by atoms with E-state index in [2.05, 4.69) is 4.98 Å². The molecule has 1 amide bonds. The Morgan fingerprint density at radius 1 is 1.03 bits per heavy atom. The van der Waals surface area contributed by atoms with Crippen molar-refractivity contribution in [3.8, 4) is 11.5 Å². The van der Waals surface area contributed by atoms with E-state index in [4.69, 9.17) is 9.47 Å². The van der Waals surface area contributed by atoms with Gasteiger partial charge in [-0.25, -0.2) is 9.37 Å². The van der Waals surface area contributed by atoms with Crippen molar-refractivity contribution >= 4 is 11.6 Å². The fourth-order valence-electron chi connectivity index (χ4n) is 3.09. The van der Waals surface area contributed by atoms with Crippen LogP contribution in [-0.2, 0) is 6.61 Å². The first-order chi connectivity index (χ1) is 15.1. The van der Waals surface area contributed by atoms with Gasteiger partial charge in [-0.3, -0.25) is 4.79 Å². The molecule has 2 aromatic carbocycles. The van der Waals surface area contributed by atoms with Crippen molar-refractivity contribution in [2.75, 3.05) is 20.2 Å². The summed E-state index contributed by atoms with van der Waals surface area (Å²) in [6, 6.07) is 18.6. The first-order valence-corrected chi connectivity index (χ1v) is 9.88. The minimum Gasteiger partial charge on any atom is -0.492 e. The Balaban J connectivity index is 1.31. The second kappa shape index (κ2) is 9.30. The summed E-state index contributed by atoms with van der Waals surface area (Å²) in [5.41, 5.74) is 2.18. The predicted octanol–water partition coefficient (Wildman–Crippen LogP) is 4.20. The number of nitrogens with zero attached hydrogens (tertiary/aromatic N) is 3. The van der Waals surface area contributed by atoms with Crippen LogP contribution in [0.1, 0.15) is 16.1 Å². The minimum atomic E-state index is -0.317. The number of imidazole rings is 1. The maximum atomic E-state index is 12.9. The SMILES string of the molecule is CN(CCOc1ccc(F)cc1)C(=O)c1cccc(OCc2cn3ccccc3n2)c1. The van der Waals surface area contributed by atoms with E-state index in [1.807, 2.05) is 41.1 Å². The van der Waals surface area contributed by atoms with Crippen LogP contribution < -0.4 is 9.47 Å². The van der Waals surface area contributed by atoms with Crippen molar-refractivity contribution in [3.05, 3.63) is 96.2 Å². The molecule has 0 atom stereocenters. The topological polar surface area (TPSA) is 56.1 Å². The van der Waals surface area contributed by atoms with Gasteiger partial charge in [0.15, 0.2) is 0 Å². The highest BCUT2D eigenvalue weighted by Crippen LogP contribution is 2.17. The van der Waals surface area contributed by atoms with Crippen LogP contribution >= 0.6 is 0 Å². The lowest BCUT2D eigenvalue weighted by Gasteiger charge is -2.18. The zero-order chi connectivity index (χ0) is 21.6. The minimum absolute atomic E-state index is 0.138. The van der Waals surface area contributed by atoms with Crippen LogP contribution in [0.15, 0.2) is 79.1 Å². The van der Waals surface area contributed by atoms with Gasteiger partial charge in [0, 0.05) is 25.0 Å². The van der Waals surface area contributed by atoms with E-state index in [-0.39, 0.29) is 11.7 Å². The molecule has 0 aliphatic carbocycles. The Morgan fingerprint density at radius 3 is 2.68 bits per heavy atom. The van der Waals surface area contributed by atoms with Gasteiger partial charge in [-0.1, -0.05) is 12.1 Å². The molecule has 0 aliphatic rings. The molecule has 0 fully saturated rings. The fraction of sp³-hybridized carbons (Fsp3) is 0.167. The summed E-state index contributed by atoms with van der Waals surface area (Å²) in [6.07, 6.45) is 3.85. The standard InChI is InChI=1S/C24H22FN3O3/c1-27(13-14-30-21-10-8-19(25)9-11-21)24(29)18-5-4-6-22(15-18)31-17-20-16-28-12-3-2-7-23(28)26-20/h2-12,15-16H,13-14,17H2,1H3. The molecule has 0 saturated heterocycles. The average molecular weight is 419 g/mol. The van der Waals surface area contributed by atoms with Crippen molar-refractivity contribution in [2.45, 2.75) is 6.61 Å². The van der Waals surface area contributed by atoms with E-state index in [1.54, 1.807) is 42.3 Å². The molecule has 0 spiro atoms. The largest absolute Gasteiger partial charge is 0.492 e. The van der Waals surface area contributed by atoms with Gasteiger partial charge >= 0.3 is 0 Å². The third kappa shape index (κ3) is 5.19. The number of halogens is 1. The summed E-state index contributed by atoms with van der Waals surface area (Å²) < 4.78 is 26.3. The van der Waals surface area contributed by atoms with E-state index < -0.39 is 0 Å². The van der Waals surface area contributed by atoms with Crippen molar-refractivity contribution in [1.29, 1.82) is 0 Å². The van der Waals surface area contributed by atoms with Crippen molar-refractivity contribution in [1.82, 2.24) is 14.3 Å². The summed E-state index contributed by atoms with van der Waals surface area (Å²) in [5.74, 6) is 0.701. The number of rotatable bonds is 8. The molecular formula is C24H22FN3O3. The molecule has 0 aliphatic heterocycles. The van der Waals surface area contributed by atoms with E-state index in [0.29, 0.717) is 36.8 Å². The second-order valence-corrected chi connectivity index (χ2v) is 7.04. The molecule has 4 aromatic rings. The first kappa shape index (κ1) is 20.4. The molecule has 31 heavy (non-hydrogen) atoms. The van der Waals surface area contributed by atoms with Crippen LogP contribution in [0.2, 0.25) is 0 Å². The molecule has 2 heterocycles. The van der Waals surface area contributed by atoms with E-state index in [1.165, 1.54) is 12.1 Å². The lowest BCUT2D eigenvalue weighted by atomic mass is 10.2. The average Bonchev–Trinajstić information content (AvgIpc) is 3.22. The quantitative estimate of drug-likeness (QED) is 0.430. The molecule has 0 saturated carbocycles. The monoisotopic (exact) mass is 419 g/mol. The highest BCUT2D eigenvalue weighted by molar-refractivity contribution is 5.94. The Kier molecular flexibility index (Phi) is 6.12. The number of fused-ring (bicyclic) bond motifs is 1. The molecule has 4 rings (SSSR count). The summed E-state index contributed by atoms with van der Waals surface area (Å²) in [5, 5.41) is 0. The summed E-state index contributed by atoms with van der Waals surface area (Å²) >= 11 is 0. The van der Waals surface area contributed by atoms with Gasteiger partial charge in [0.05, 0.1) is 12.2 Å². The van der Waals surface area contributed by atoms with E-state index in [9.17, 15) is 9.18 Å². The molecular weight excluding hydrogens is 397 g/mol. The van der Waals surface area contributed by atoms with Crippen molar-refractivity contribution in [3.63, 3.8) is 0 Å². The molecule has 2 aromatic heterocycles. The maximum Gasteiger partial charge on any atom is 0.253 e. The Morgan fingerprint density at radius 2 is 1.87 bits per heavy atom. The van der Waals surface area contributed by atoms with Gasteiger partial charge < -0.3 is 18.8 Å². The third-order valence-electron chi connectivity index (χ3n) is 4.74. The highest BCUT2D eigenvalue weighted by atomic mass is 19.1. The van der Waals surface area contributed by atoms with Gasteiger partial charge in [0.1, 0.15) is 36.2 Å². The number of hydrogen-bond acceptors (Lipinski definition) is 4. The highest BCUT2D eigenvalue weighted by Gasteiger charge is 2.13. The molecule has 0 N–H and O–H groups in total. The van der Waals surface area contributed by atoms with Crippen LogP contribution in [0, 0.1) is 5.82 Å². The van der Waals surface area contributed by atoms with E-state index in [0.717, 1.165) is 11.3 Å². The summed E-state index contributed by atoms with van der Waals surface area (Å²) in [4.78, 5) is 18.8. The van der Waals surface area contributed by atoms with E-state index >= 15 is 0 Å². The molecule has 0 radical (unpaired) electrons. The Bertz CT molecular complexity index is 1140. The molecule has 0 unspecified atom stereocenters. The van der Waals surface area contributed by atoms with Crippen LogP contribution in [0.4, 0.5) is 4.39 Å². The predicted molar refractivity (Wildman–Crippen MR) is 115 cm³/mol. The fourth-order valence-corrected chi connectivity index (χ4v) is 3.09. The molecule has 0 bridgehead atoms. The van der Waals surface area contributed by atoms with Crippen LogP contribution in [0.5, 0.6) is 11.5 Å². The molecule has 158 valence electrons. The number of carbonyl (C=O) groups is 1. The molecule has 7 heteroatoms. The summed E-state index contributed by atoms with van der Waals surface area (Å²) in [7, 11) is 1.71. The third-order valence-corrected chi connectivity index (χ3v) is 4.74. The smallest absolute Gasteiger partial charge is 0.253 e. The summed E-state index contributed by atoms with van der Waals surface area (Å²) in [6.45, 7) is 1.00. The number of benzene rings is 2. The van der Waals surface area contributed by atoms with Gasteiger partial charge in [-0.05, 0) is 54.6 Å². The van der Waals surface area contributed by atoms with Crippen LogP contribution in [-0.4, -0.2) is 40.4 Å². The second-order valence-electron chi connectivity index (χ2n) is 7.04. The number of amides is 1. The Labute approximate surface area is 179 Å². The lowest BCUT2D eigenvalue weighted by Crippen LogP contribution is -2.30. The molecule has 6 nitrogen and oxygen atoms in total. The number of hydrogen-bond donors (Lipinski definition) is 0. The van der Waals surface area contributed by atoms with Gasteiger partial charge in [0.2, 0.25) is 0 Å². The number of carbonyl (C=O) groups excluding carboxylic acids is 1. The van der Waals surface area contributed by atoms with Gasteiger partial charge in [-0.15, -0.1) is 0 Å². The van der Waals surface area contributed by atoms with Crippen molar-refractivity contribution in [2.24, 2.45) is 0 Å². The normalized spacial score (nSPS) is 10.8. The Hall–Kier alpha value is -3.87. The van der Waals surface area contributed by atoms with Gasteiger partial charge in [-0.2, -0.15) is 0 Å².